The number of hydrogen-bond acceptors (Lipinski definition) is 5. The second-order valence-corrected chi connectivity index (χ2v) is 4.31. The third-order valence-corrected chi connectivity index (χ3v) is 2.93. The Labute approximate surface area is 117 Å². The van der Waals surface area contributed by atoms with Crippen LogP contribution in [-0.2, 0) is 24.9 Å². The standard InChI is InChI=1S/C14H18N4O2/c1-3-20-14(19)12-9-17-18(2)13(12)10-16-8-11-4-6-15-7-5-11/h4-7,9,16H,3,8,10H2,1-2H3. The third kappa shape index (κ3) is 3.42. The minimum absolute atomic E-state index is 0.332. The predicted octanol–water partition coefficient (Wildman–Crippen LogP) is 1.28. The summed E-state index contributed by atoms with van der Waals surface area (Å²) in [5.74, 6) is -0.332. The molecule has 0 aliphatic heterocycles. The number of pyridine rings is 1. The van der Waals surface area contributed by atoms with Gasteiger partial charge in [-0.3, -0.25) is 9.67 Å². The highest BCUT2D eigenvalue weighted by Gasteiger charge is 2.16. The first-order valence-corrected chi connectivity index (χ1v) is 6.50. The molecule has 0 atom stereocenters. The zero-order chi connectivity index (χ0) is 14.4. The number of nitrogens with one attached hydrogen (secondary N) is 1. The maximum atomic E-state index is 11.8. The Morgan fingerprint density at radius 3 is 2.80 bits per heavy atom. The molecule has 6 nitrogen and oxygen atoms in total. The molecule has 106 valence electrons. The van der Waals surface area contributed by atoms with Gasteiger partial charge < -0.3 is 10.1 Å². The van der Waals surface area contributed by atoms with E-state index in [1.165, 1.54) is 0 Å². The number of nitrogens with zero attached hydrogens (tertiary/aromatic N) is 3. The summed E-state index contributed by atoms with van der Waals surface area (Å²) < 4.78 is 6.70. The van der Waals surface area contributed by atoms with Crippen molar-refractivity contribution in [3.63, 3.8) is 0 Å². The summed E-state index contributed by atoms with van der Waals surface area (Å²) in [6.07, 6.45) is 5.05. The maximum absolute atomic E-state index is 11.8. The predicted molar refractivity (Wildman–Crippen MR) is 73.9 cm³/mol. The molecule has 0 aliphatic carbocycles. The Bertz CT molecular complexity index is 566. The third-order valence-electron chi connectivity index (χ3n) is 2.93. The number of ether oxygens (including phenoxy) is 1. The molecule has 6 heteroatoms. The molecule has 2 heterocycles. The van der Waals surface area contributed by atoms with Gasteiger partial charge in [0.1, 0.15) is 5.56 Å². The number of esters is 1. The van der Waals surface area contributed by atoms with E-state index in [1.807, 2.05) is 19.2 Å². The Morgan fingerprint density at radius 2 is 2.10 bits per heavy atom. The molecule has 0 radical (unpaired) electrons. The van der Waals surface area contributed by atoms with E-state index in [0.717, 1.165) is 11.3 Å². The summed E-state index contributed by atoms with van der Waals surface area (Å²) >= 11 is 0. The van der Waals surface area contributed by atoms with Crippen molar-refractivity contribution >= 4 is 5.97 Å². The fourth-order valence-corrected chi connectivity index (χ4v) is 1.88. The van der Waals surface area contributed by atoms with E-state index in [9.17, 15) is 4.79 Å². The van der Waals surface area contributed by atoms with E-state index >= 15 is 0 Å². The SMILES string of the molecule is CCOC(=O)c1cnn(C)c1CNCc1ccncc1. The van der Waals surface area contributed by atoms with Gasteiger partial charge >= 0.3 is 5.97 Å². The molecular formula is C14H18N4O2. The molecule has 0 fully saturated rings. The lowest BCUT2D eigenvalue weighted by molar-refractivity contribution is 0.0524. The number of aryl methyl sites for hydroxylation is 1. The highest BCUT2D eigenvalue weighted by Crippen LogP contribution is 2.09. The van der Waals surface area contributed by atoms with Crippen LogP contribution >= 0.6 is 0 Å². The summed E-state index contributed by atoms with van der Waals surface area (Å²) in [6, 6.07) is 3.89. The van der Waals surface area contributed by atoms with Crippen LogP contribution < -0.4 is 5.32 Å². The molecular weight excluding hydrogens is 256 g/mol. The Morgan fingerprint density at radius 1 is 1.35 bits per heavy atom. The lowest BCUT2D eigenvalue weighted by Crippen LogP contribution is -2.18. The number of rotatable bonds is 6. The van der Waals surface area contributed by atoms with Crippen molar-refractivity contribution in [2.24, 2.45) is 7.05 Å². The van der Waals surface area contributed by atoms with Crippen LogP contribution in [0.25, 0.3) is 0 Å². The number of hydrogen-bond donors (Lipinski definition) is 1. The van der Waals surface area contributed by atoms with Gasteiger partial charge in [-0.25, -0.2) is 4.79 Å². The Hall–Kier alpha value is -2.21. The van der Waals surface area contributed by atoms with Crippen molar-refractivity contribution in [2.75, 3.05) is 6.61 Å². The monoisotopic (exact) mass is 274 g/mol. The Kier molecular flexibility index (Phi) is 4.84. The average molecular weight is 274 g/mol. The molecule has 2 rings (SSSR count). The van der Waals surface area contributed by atoms with Crippen LogP contribution in [0.3, 0.4) is 0 Å². The lowest BCUT2D eigenvalue weighted by Gasteiger charge is -2.08. The number of carbonyl (C=O) groups excluding carboxylic acids is 1. The lowest BCUT2D eigenvalue weighted by atomic mass is 10.2. The molecule has 0 spiro atoms. The minimum Gasteiger partial charge on any atom is -0.462 e. The molecule has 0 amide bonds. The van der Waals surface area contributed by atoms with Crippen molar-refractivity contribution in [3.8, 4) is 0 Å². The van der Waals surface area contributed by atoms with Gasteiger partial charge in [0, 0.05) is 32.5 Å². The van der Waals surface area contributed by atoms with Crippen LogP contribution in [0.4, 0.5) is 0 Å². The van der Waals surface area contributed by atoms with Gasteiger partial charge in [0.2, 0.25) is 0 Å². The van der Waals surface area contributed by atoms with Crippen molar-refractivity contribution in [1.29, 1.82) is 0 Å². The van der Waals surface area contributed by atoms with Gasteiger partial charge in [-0.1, -0.05) is 0 Å². The van der Waals surface area contributed by atoms with Crippen molar-refractivity contribution < 1.29 is 9.53 Å². The molecule has 2 aromatic heterocycles. The first-order chi connectivity index (χ1) is 9.72. The molecule has 2 aromatic rings. The Balaban J connectivity index is 1.99. The summed E-state index contributed by atoms with van der Waals surface area (Å²) in [5.41, 5.74) is 2.47. The van der Waals surface area contributed by atoms with Crippen LogP contribution in [0.2, 0.25) is 0 Å². The minimum atomic E-state index is -0.332. The zero-order valence-electron chi connectivity index (χ0n) is 11.7. The smallest absolute Gasteiger partial charge is 0.341 e. The summed E-state index contributed by atoms with van der Waals surface area (Å²) in [4.78, 5) is 15.8. The van der Waals surface area contributed by atoms with Crippen molar-refractivity contribution in [2.45, 2.75) is 20.0 Å². The zero-order valence-corrected chi connectivity index (χ0v) is 11.7. The highest BCUT2D eigenvalue weighted by molar-refractivity contribution is 5.90. The van der Waals surface area contributed by atoms with Gasteiger partial charge in [0.05, 0.1) is 18.5 Å². The van der Waals surface area contributed by atoms with Gasteiger partial charge in [0.25, 0.3) is 0 Å². The molecule has 0 unspecified atom stereocenters. The van der Waals surface area contributed by atoms with E-state index in [4.69, 9.17) is 4.74 Å². The van der Waals surface area contributed by atoms with Gasteiger partial charge in [-0.05, 0) is 24.6 Å². The molecule has 0 bridgehead atoms. The van der Waals surface area contributed by atoms with E-state index in [2.05, 4.69) is 15.4 Å². The summed E-state index contributed by atoms with van der Waals surface area (Å²) in [7, 11) is 1.81. The van der Waals surface area contributed by atoms with Gasteiger partial charge in [0.15, 0.2) is 0 Å². The maximum Gasteiger partial charge on any atom is 0.341 e. The van der Waals surface area contributed by atoms with Crippen LogP contribution in [0, 0.1) is 0 Å². The van der Waals surface area contributed by atoms with E-state index in [-0.39, 0.29) is 5.97 Å². The molecule has 20 heavy (non-hydrogen) atoms. The molecule has 1 N–H and O–H groups in total. The van der Waals surface area contributed by atoms with Gasteiger partial charge in [-0.2, -0.15) is 5.10 Å². The highest BCUT2D eigenvalue weighted by atomic mass is 16.5. The van der Waals surface area contributed by atoms with E-state index < -0.39 is 0 Å². The average Bonchev–Trinajstić information content (AvgIpc) is 2.82. The fraction of sp³-hybridized carbons (Fsp3) is 0.357. The second-order valence-electron chi connectivity index (χ2n) is 4.31. The first kappa shape index (κ1) is 14.2. The molecule has 0 aromatic carbocycles. The largest absolute Gasteiger partial charge is 0.462 e. The van der Waals surface area contributed by atoms with Crippen LogP contribution in [-0.4, -0.2) is 27.3 Å². The van der Waals surface area contributed by atoms with E-state index in [0.29, 0.717) is 25.3 Å². The topological polar surface area (TPSA) is 69.0 Å². The number of aromatic nitrogens is 3. The van der Waals surface area contributed by atoms with Gasteiger partial charge in [-0.15, -0.1) is 0 Å². The van der Waals surface area contributed by atoms with Crippen molar-refractivity contribution in [1.82, 2.24) is 20.1 Å². The summed E-state index contributed by atoms with van der Waals surface area (Å²) in [5, 5.41) is 7.40. The fourth-order valence-electron chi connectivity index (χ4n) is 1.88. The van der Waals surface area contributed by atoms with E-state index in [1.54, 1.807) is 30.2 Å². The normalized spacial score (nSPS) is 10.5. The number of carbonyl (C=O) groups is 1. The van der Waals surface area contributed by atoms with Crippen LogP contribution in [0.5, 0.6) is 0 Å². The second kappa shape index (κ2) is 6.81. The van der Waals surface area contributed by atoms with Crippen LogP contribution in [0.1, 0.15) is 28.5 Å². The molecule has 0 saturated carbocycles. The van der Waals surface area contributed by atoms with Crippen molar-refractivity contribution in [3.05, 3.63) is 47.5 Å². The first-order valence-electron chi connectivity index (χ1n) is 6.50. The molecule has 0 saturated heterocycles. The quantitative estimate of drug-likeness (QED) is 0.804. The van der Waals surface area contributed by atoms with Crippen LogP contribution in [0.15, 0.2) is 30.7 Å². The summed E-state index contributed by atoms with van der Waals surface area (Å²) in [6.45, 7) is 3.40. The molecule has 0 aliphatic rings.